The third-order valence-electron chi connectivity index (χ3n) is 5.04. The van der Waals surface area contributed by atoms with Crippen LogP contribution in [0.2, 0.25) is 0 Å². The van der Waals surface area contributed by atoms with E-state index in [0.29, 0.717) is 27.3 Å². The predicted octanol–water partition coefficient (Wildman–Crippen LogP) is 4.01. The van der Waals surface area contributed by atoms with Crippen molar-refractivity contribution in [2.24, 2.45) is 0 Å². The smallest absolute Gasteiger partial charge is 0.266 e. The van der Waals surface area contributed by atoms with E-state index in [0.717, 1.165) is 37.7 Å². The lowest BCUT2D eigenvalue weighted by molar-refractivity contribution is 0.0956. The van der Waals surface area contributed by atoms with Crippen molar-refractivity contribution in [3.8, 4) is 0 Å². The number of unbranched alkanes of at least 4 members (excludes halogenated alkanes) is 1. The monoisotopic (exact) mass is 420 g/mol. The molecule has 1 aromatic carbocycles. The summed E-state index contributed by atoms with van der Waals surface area (Å²) in [7, 11) is 0. The zero-order chi connectivity index (χ0) is 20.9. The molecular formula is C23H24N4O2S. The van der Waals surface area contributed by atoms with Gasteiger partial charge in [0, 0.05) is 25.1 Å². The molecule has 0 fully saturated rings. The molecule has 1 N–H and O–H groups in total. The van der Waals surface area contributed by atoms with Crippen molar-refractivity contribution in [2.45, 2.75) is 39.0 Å². The summed E-state index contributed by atoms with van der Waals surface area (Å²) >= 11 is 1.24. The Morgan fingerprint density at radius 2 is 2.07 bits per heavy atom. The van der Waals surface area contributed by atoms with Crippen LogP contribution < -0.4 is 10.9 Å². The van der Waals surface area contributed by atoms with Crippen molar-refractivity contribution >= 4 is 33.1 Å². The first-order chi connectivity index (χ1) is 14.7. The van der Waals surface area contributed by atoms with Crippen LogP contribution in [0.4, 0.5) is 0 Å². The van der Waals surface area contributed by atoms with Gasteiger partial charge in [-0.25, -0.2) is 4.98 Å². The van der Waals surface area contributed by atoms with Gasteiger partial charge >= 0.3 is 0 Å². The molecule has 3 heterocycles. The highest BCUT2D eigenvalue weighted by molar-refractivity contribution is 7.18. The summed E-state index contributed by atoms with van der Waals surface area (Å²) in [4.78, 5) is 35.2. The van der Waals surface area contributed by atoms with Crippen molar-refractivity contribution in [2.75, 3.05) is 6.54 Å². The van der Waals surface area contributed by atoms with Gasteiger partial charge in [0.25, 0.3) is 11.5 Å². The predicted molar refractivity (Wildman–Crippen MR) is 120 cm³/mol. The summed E-state index contributed by atoms with van der Waals surface area (Å²) < 4.78 is 1.49. The maximum Gasteiger partial charge on any atom is 0.266 e. The number of aryl methyl sites for hydroxylation is 2. The van der Waals surface area contributed by atoms with Crippen LogP contribution in [-0.2, 0) is 12.8 Å². The Morgan fingerprint density at radius 3 is 2.87 bits per heavy atom. The first kappa shape index (κ1) is 20.2. The molecule has 0 unspecified atom stereocenters. The molecule has 4 aromatic rings. The summed E-state index contributed by atoms with van der Waals surface area (Å²) in [5, 5.41) is 3.54. The number of thiazole rings is 1. The molecule has 0 saturated carbocycles. The SMILES string of the molecule is CCCc1ccc2nc3sc(C(=O)NCCCCc4cccnc4)cn3c(=O)c2c1. The van der Waals surface area contributed by atoms with Gasteiger partial charge in [0.2, 0.25) is 0 Å². The van der Waals surface area contributed by atoms with Crippen LogP contribution in [-0.4, -0.2) is 26.8 Å². The topological polar surface area (TPSA) is 76.4 Å². The summed E-state index contributed by atoms with van der Waals surface area (Å²) in [6, 6.07) is 9.82. The van der Waals surface area contributed by atoms with E-state index in [1.54, 1.807) is 12.4 Å². The molecule has 0 spiro atoms. The van der Waals surface area contributed by atoms with Crippen molar-refractivity contribution in [3.63, 3.8) is 0 Å². The summed E-state index contributed by atoms with van der Waals surface area (Å²) in [5.74, 6) is -0.165. The Bertz CT molecular complexity index is 1230. The van der Waals surface area contributed by atoms with Crippen molar-refractivity contribution in [1.82, 2.24) is 19.7 Å². The molecule has 0 aliphatic heterocycles. The van der Waals surface area contributed by atoms with Crippen molar-refractivity contribution in [3.05, 3.63) is 75.3 Å². The van der Waals surface area contributed by atoms with Gasteiger partial charge in [-0.1, -0.05) is 36.8 Å². The number of nitrogens with one attached hydrogen (secondary N) is 1. The number of pyridine rings is 1. The molecule has 6 nitrogen and oxygen atoms in total. The number of hydrogen-bond donors (Lipinski definition) is 1. The number of aromatic nitrogens is 3. The van der Waals surface area contributed by atoms with E-state index >= 15 is 0 Å². The lowest BCUT2D eigenvalue weighted by Crippen LogP contribution is -2.23. The fraction of sp³-hybridized carbons (Fsp3) is 0.304. The van der Waals surface area contributed by atoms with E-state index in [-0.39, 0.29) is 11.5 Å². The second-order valence-corrected chi connectivity index (χ2v) is 8.35. The van der Waals surface area contributed by atoms with E-state index in [1.807, 2.05) is 30.5 Å². The summed E-state index contributed by atoms with van der Waals surface area (Å²) in [6.45, 7) is 2.71. The van der Waals surface area contributed by atoms with Gasteiger partial charge in [-0.05, 0) is 55.0 Å². The summed E-state index contributed by atoms with van der Waals surface area (Å²) in [5.41, 5.74) is 2.88. The number of benzene rings is 1. The van der Waals surface area contributed by atoms with Gasteiger partial charge in [0.1, 0.15) is 4.88 Å². The molecule has 0 bridgehead atoms. The normalized spacial score (nSPS) is 11.2. The minimum atomic E-state index is -0.165. The maximum atomic E-state index is 12.9. The average molecular weight is 421 g/mol. The number of rotatable bonds is 8. The Kier molecular flexibility index (Phi) is 6.18. The first-order valence-corrected chi connectivity index (χ1v) is 11.1. The third-order valence-corrected chi connectivity index (χ3v) is 6.02. The molecule has 0 atom stereocenters. The Labute approximate surface area is 178 Å². The van der Waals surface area contributed by atoms with Crippen molar-refractivity contribution in [1.29, 1.82) is 0 Å². The largest absolute Gasteiger partial charge is 0.351 e. The second-order valence-electron chi connectivity index (χ2n) is 7.34. The van der Waals surface area contributed by atoms with Crippen molar-refractivity contribution < 1.29 is 4.79 Å². The first-order valence-electron chi connectivity index (χ1n) is 10.3. The number of carbonyl (C=O) groups is 1. The van der Waals surface area contributed by atoms with Gasteiger partial charge in [-0.2, -0.15) is 0 Å². The molecule has 0 saturated heterocycles. The van der Waals surface area contributed by atoms with Gasteiger partial charge in [-0.15, -0.1) is 0 Å². The highest BCUT2D eigenvalue weighted by Gasteiger charge is 2.14. The highest BCUT2D eigenvalue weighted by atomic mass is 32.1. The molecule has 0 radical (unpaired) electrons. The number of hydrogen-bond acceptors (Lipinski definition) is 5. The minimum absolute atomic E-state index is 0.125. The Balaban J connectivity index is 1.43. The molecular weight excluding hydrogens is 396 g/mol. The van der Waals surface area contributed by atoms with Gasteiger partial charge < -0.3 is 5.32 Å². The van der Waals surface area contributed by atoms with Gasteiger partial charge in [0.15, 0.2) is 4.96 Å². The van der Waals surface area contributed by atoms with Crippen LogP contribution in [0.15, 0.2) is 53.7 Å². The van der Waals surface area contributed by atoms with Crippen LogP contribution in [0, 0.1) is 0 Å². The van der Waals surface area contributed by atoms with Crippen LogP contribution in [0.3, 0.4) is 0 Å². The third kappa shape index (κ3) is 4.41. The van der Waals surface area contributed by atoms with E-state index in [2.05, 4.69) is 28.3 Å². The summed E-state index contributed by atoms with van der Waals surface area (Å²) in [6.07, 6.45) is 9.99. The van der Waals surface area contributed by atoms with Gasteiger partial charge in [0.05, 0.1) is 10.9 Å². The molecule has 7 heteroatoms. The molecule has 154 valence electrons. The zero-order valence-electron chi connectivity index (χ0n) is 16.9. The fourth-order valence-electron chi connectivity index (χ4n) is 3.49. The molecule has 1 amide bonds. The van der Waals surface area contributed by atoms with Gasteiger partial charge in [-0.3, -0.25) is 19.0 Å². The van der Waals surface area contributed by atoms with Crippen LogP contribution in [0.25, 0.3) is 15.9 Å². The van der Waals surface area contributed by atoms with Crippen LogP contribution in [0.5, 0.6) is 0 Å². The fourth-order valence-corrected chi connectivity index (χ4v) is 4.39. The minimum Gasteiger partial charge on any atom is -0.351 e. The molecule has 3 aromatic heterocycles. The van der Waals surface area contributed by atoms with E-state index in [1.165, 1.54) is 21.3 Å². The second kappa shape index (κ2) is 9.17. The molecule has 0 aliphatic carbocycles. The molecule has 30 heavy (non-hydrogen) atoms. The van der Waals surface area contributed by atoms with E-state index in [4.69, 9.17) is 0 Å². The number of fused-ring (bicyclic) bond motifs is 2. The quantitative estimate of drug-likeness (QED) is 0.437. The number of nitrogens with zero attached hydrogens (tertiary/aromatic N) is 3. The zero-order valence-corrected chi connectivity index (χ0v) is 17.7. The number of amides is 1. The molecule has 0 aliphatic rings. The number of carbonyl (C=O) groups excluding carboxylic acids is 1. The lowest BCUT2D eigenvalue weighted by atomic mass is 10.1. The molecule has 4 rings (SSSR count). The van der Waals surface area contributed by atoms with E-state index < -0.39 is 0 Å². The standard InChI is InChI=1S/C23H24N4O2S/c1-2-6-16-9-10-19-18(13-16)22(29)27-15-20(30-23(27)26-19)21(28)25-12-4-3-7-17-8-5-11-24-14-17/h5,8-11,13-15H,2-4,6-7,12H2,1H3,(H,25,28). The van der Waals surface area contributed by atoms with E-state index in [9.17, 15) is 9.59 Å². The Morgan fingerprint density at radius 1 is 1.17 bits per heavy atom. The van der Waals surface area contributed by atoms with Crippen LogP contribution in [0.1, 0.15) is 47.0 Å². The lowest BCUT2D eigenvalue weighted by Gasteiger charge is -2.03. The van der Waals surface area contributed by atoms with Crippen LogP contribution >= 0.6 is 11.3 Å². The average Bonchev–Trinajstić information content (AvgIpc) is 3.19. The maximum absolute atomic E-state index is 12.9. The highest BCUT2D eigenvalue weighted by Crippen LogP contribution is 2.19. The Hall–Kier alpha value is -3.06.